The van der Waals surface area contributed by atoms with Gasteiger partial charge in [0.2, 0.25) is 0 Å². The molecular formula is C24H20F6N4O4. The Morgan fingerprint density at radius 1 is 0.895 bits per heavy atom. The fourth-order valence-electron chi connectivity index (χ4n) is 2.48. The molecule has 0 saturated heterocycles. The van der Waals surface area contributed by atoms with Gasteiger partial charge in [-0.05, 0) is 50.2 Å². The smallest absolute Gasteiger partial charge is 0.393 e. The molecule has 0 aliphatic carbocycles. The van der Waals surface area contributed by atoms with Gasteiger partial charge in [0.25, 0.3) is 11.8 Å². The molecule has 8 nitrogen and oxygen atoms in total. The SMILES string of the molecule is C=C(C)C(=O)Nc1ccc(C#N)c(C(F)(F)F)c1.CC(O)(CO)C(=O)Nc1ccc(C#N)c(C(F)(F)F)c1. The third kappa shape index (κ3) is 8.62. The number of hydrogen-bond acceptors (Lipinski definition) is 6. The van der Waals surface area contributed by atoms with E-state index in [0.717, 1.165) is 31.2 Å². The van der Waals surface area contributed by atoms with Crippen LogP contribution in [-0.4, -0.2) is 34.2 Å². The number of nitrogens with one attached hydrogen (secondary N) is 2. The molecule has 2 aromatic carbocycles. The van der Waals surface area contributed by atoms with Crippen LogP contribution in [0.4, 0.5) is 37.7 Å². The van der Waals surface area contributed by atoms with Crippen LogP contribution < -0.4 is 10.6 Å². The number of aliphatic hydroxyl groups is 2. The van der Waals surface area contributed by atoms with Crippen molar-refractivity contribution in [2.75, 3.05) is 17.2 Å². The second-order valence-corrected chi connectivity index (χ2v) is 7.86. The summed E-state index contributed by atoms with van der Waals surface area (Å²) in [6.07, 6.45) is -9.39. The Hall–Kier alpha value is -4.40. The first-order valence-electron chi connectivity index (χ1n) is 10.2. The molecule has 1 atom stereocenters. The van der Waals surface area contributed by atoms with E-state index in [0.29, 0.717) is 6.07 Å². The number of rotatable bonds is 5. The van der Waals surface area contributed by atoms with Crippen LogP contribution in [0.2, 0.25) is 0 Å². The molecule has 0 spiro atoms. The predicted molar refractivity (Wildman–Crippen MR) is 122 cm³/mol. The van der Waals surface area contributed by atoms with Crippen LogP contribution in [0.3, 0.4) is 0 Å². The fourth-order valence-corrected chi connectivity index (χ4v) is 2.48. The Morgan fingerprint density at radius 2 is 1.29 bits per heavy atom. The Bertz CT molecular complexity index is 1300. The van der Waals surface area contributed by atoms with Crippen molar-refractivity contribution in [2.45, 2.75) is 31.8 Å². The number of carbonyl (C=O) groups is 2. The molecule has 202 valence electrons. The van der Waals surface area contributed by atoms with Gasteiger partial charge in [-0.3, -0.25) is 9.59 Å². The lowest BCUT2D eigenvalue weighted by Crippen LogP contribution is -2.43. The molecule has 2 amide bonds. The highest BCUT2D eigenvalue weighted by Crippen LogP contribution is 2.34. The first kappa shape index (κ1) is 31.6. The zero-order chi connectivity index (χ0) is 29.5. The number of alkyl halides is 6. The monoisotopic (exact) mass is 542 g/mol. The normalized spacial score (nSPS) is 12.5. The van der Waals surface area contributed by atoms with Crippen LogP contribution >= 0.6 is 0 Å². The summed E-state index contributed by atoms with van der Waals surface area (Å²) in [5.74, 6) is -1.63. The quantitative estimate of drug-likeness (QED) is 0.326. The summed E-state index contributed by atoms with van der Waals surface area (Å²) in [6.45, 7) is 4.93. The first-order chi connectivity index (χ1) is 17.4. The zero-order valence-electron chi connectivity index (χ0n) is 19.8. The van der Waals surface area contributed by atoms with Crippen molar-refractivity contribution in [2.24, 2.45) is 0 Å². The summed E-state index contributed by atoms with van der Waals surface area (Å²) >= 11 is 0. The van der Waals surface area contributed by atoms with Crippen molar-refractivity contribution in [3.8, 4) is 12.1 Å². The van der Waals surface area contributed by atoms with Crippen molar-refractivity contribution in [1.29, 1.82) is 10.5 Å². The third-order valence-corrected chi connectivity index (χ3v) is 4.59. The van der Waals surface area contributed by atoms with E-state index >= 15 is 0 Å². The molecular weight excluding hydrogens is 522 g/mol. The Morgan fingerprint density at radius 3 is 1.61 bits per heavy atom. The van der Waals surface area contributed by atoms with Crippen molar-refractivity contribution < 1.29 is 46.1 Å². The number of nitrogens with zero attached hydrogens (tertiary/aromatic N) is 2. The van der Waals surface area contributed by atoms with Gasteiger partial charge in [-0.2, -0.15) is 36.9 Å². The van der Waals surface area contributed by atoms with Crippen molar-refractivity contribution in [3.05, 3.63) is 70.8 Å². The van der Waals surface area contributed by atoms with Gasteiger partial charge in [-0.15, -0.1) is 0 Å². The summed E-state index contributed by atoms with van der Waals surface area (Å²) < 4.78 is 76.0. The van der Waals surface area contributed by atoms with Crippen LogP contribution in [0.15, 0.2) is 48.6 Å². The molecule has 0 saturated carbocycles. The lowest BCUT2D eigenvalue weighted by Gasteiger charge is -2.20. The number of halogens is 6. The molecule has 0 aromatic heterocycles. The van der Waals surface area contributed by atoms with Crippen LogP contribution in [0.1, 0.15) is 36.1 Å². The highest BCUT2D eigenvalue weighted by molar-refractivity contribution is 6.02. The molecule has 2 aromatic rings. The van der Waals surface area contributed by atoms with E-state index in [-0.39, 0.29) is 16.9 Å². The molecule has 0 aliphatic rings. The van der Waals surface area contributed by atoms with E-state index in [1.165, 1.54) is 25.1 Å². The maximum absolute atomic E-state index is 12.7. The lowest BCUT2D eigenvalue weighted by molar-refractivity contribution is -0.138. The second kappa shape index (κ2) is 12.2. The van der Waals surface area contributed by atoms with Gasteiger partial charge in [0.15, 0.2) is 5.60 Å². The number of nitriles is 2. The average Bonchev–Trinajstić information content (AvgIpc) is 2.83. The Kier molecular flexibility index (Phi) is 10.2. The standard InChI is InChI=1S/C12H11F3N2O3.C12H9F3N2O/c1-11(20,6-18)10(19)17-8-3-2-7(5-16)9(4-8)12(13,14)15;1-7(2)11(18)17-9-4-3-8(6-16)10(5-9)12(13,14)15/h2-4,18,20H,6H2,1H3,(H,17,19);3-5H,1H2,2H3,(H,17,18). The number of benzene rings is 2. The molecule has 0 heterocycles. The number of carbonyl (C=O) groups excluding carboxylic acids is 2. The number of anilines is 2. The maximum atomic E-state index is 12.7. The van der Waals surface area contributed by atoms with E-state index in [9.17, 15) is 41.0 Å². The molecule has 0 bridgehead atoms. The minimum Gasteiger partial charge on any atom is -0.393 e. The lowest BCUT2D eigenvalue weighted by atomic mass is 10.1. The summed E-state index contributed by atoms with van der Waals surface area (Å²) in [6, 6.07) is 8.41. The average molecular weight is 542 g/mol. The summed E-state index contributed by atoms with van der Waals surface area (Å²) in [4.78, 5) is 22.8. The third-order valence-electron chi connectivity index (χ3n) is 4.59. The second-order valence-electron chi connectivity index (χ2n) is 7.86. The van der Waals surface area contributed by atoms with Crippen LogP contribution in [0.5, 0.6) is 0 Å². The van der Waals surface area contributed by atoms with E-state index in [1.54, 1.807) is 0 Å². The highest BCUT2D eigenvalue weighted by atomic mass is 19.4. The molecule has 2 rings (SSSR count). The van der Waals surface area contributed by atoms with Crippen LogP contribution in [-0.2, 0) is 21.9 Å². The number of aliphatic hydroxyl groups excluding tert-OH is 1. The minimum atomic E-state index is -4.74. The molecule has 0 aliphatic heterocycles. The van der Waals surface area contributed by atoms with Gasteiger partial charge in [-0.1, -0.05) is 6.58 Å². The van der Waals surface area contributed by atoms with Crippen molar-refractivity contribution in [3.63, 3.8) is 0 Å². The number of amides is 2. The Labute approximate surface area is 212 Å². The van der Waals surface area contributed by atoms with Gasteiger partial charge < -0.3 is 20.8 Å². The fraction of sp³-hybridized carbons (Fsp3) is 0.250. The van der Waals surface area contributed by atoms with E-state index in [1.807, 2.05) is 5.32 Å². The molecule has 14 heteroatoms. The van der Waals surface area contributed by atoms with Crippen molar-refractivity contribution >= 4 is 23.2 Å². The largest absolute Gasteiger partial charge is 0.417 e. The molecule has 0 fully saturated rings. The van der Waals surface area contributed by atoms with E-state index < -0.39 is 58.6 Å². The van der Waals surface area contributed by atoms with Crippen LogP contribution in [0.25, 0.3) is 0 Å². The molecule has 4 N–H and O–H groups in total. The number of hydrogen-bond donors (Lipinski definition) is 4. The van der Waals surface area contributed by atoms with Gasteiger partial charge in [0.1, 0.15) is 0 Å². The topological polar surface area (TPSA) is 146 Å². The van der Waals surface area contributed by atoms with Gasteiger partial charge in [0.05, 0.1) is 41.0 Å². The summed E-state index contributed by atoms with van der Waals surface area (Å²) in [7, 11) is 0. The van der Waals surface area contributed by atoms with Gasteiger partial charge in [-0.25, -0.2) is 0 Å². The zero-order valence-corrected chi connectivity index (χ0v) is 19.8. The van der Waals surface area contributed by atoms with E-state index in [2.05, 4.69) is 11.9 Å². The summed E-state index contributed by atoms with van der Waals surface area (Å²) in [5, 5.41) is 39.7. The Balaban J connectivity index is 0.000000382. The minimum absolute atomic E-state index is 0.0330. The van der Waals surface area contributed by atoms with Gasteiger partial charge >= 0.3 is 12.4 Å². The summed E-state index contributed by atoms with van der Waals surface area (Å²) in [5.41, 5.74) is -5.56. The van der Waals surface area contributed by atoms with Crippen LogP contribution in [0, 0.1) is 22.7 Å². The first-order valence-corrected chi connectivity index (χ1v) is 10.2. The van der Waals surface area contributed by atoms with E-state index in [4.69, 9.17) is 15.6 Å². The molecule has 0 radical (unpaired) electrons. The molecule has 1 unspecified atom stereocenters. The molecule has 38 heavy (non-hydrogen) atoms. The maximum Gasteiger partial charge on any atom is 0.417 e. The highest BCUT2D eigenvalue weighted by Gasteiger charge is 2.35. The van der Waals surface area contributed by atoms with Gasteiger partial charge in [0, 0.05) is 16.9 Å². The predicted octanol–water partition coefficient (Wildman–Crippen LogP) is 4.35. The van der Waals surface area contributed by atoms with Crippen molar-refractivity contribution in [1.82, 2.24) is 0 Å².